The van der Waals surface area contributed by atoms with Gasteiger partial charge in [0, 0.05) is 37.1 Å². The number of carbonyl (C=O) groups excluding carboxylic acids is 3. The standard InChI is InChI=1S/C21H26N4O5/c1-14(26)24-12-3-2-6-18(30-21(22)29)20(28)25-17-9-7-15(8-10-17)19(27)16-5-4-11-23-13-16/h4-5,7-11,13,18-19,27H,2-3,6,12H2,1H3,(H2,22,29)(H,24,26)(H,25,28)/t18-,19?/m0/s1. The molecule has 0 fully saturated rings. The lowest BCUT2D eigenvalue weighted by molar-refractivity contribution is -0.124. The Morgan fingerprint density at radius 1 is 1.13 bits per heavy atom. The molecule has 9 heteroatoms. The summed E-state index contributed by atoms with van der Waals surface area (Å²) >= 11 is 0. The molecule has 5 N–H and O–H groups in total. The zero-order valence-corrected chi connectivity index (χ0v) is 16.7. The van der Waals surface area contributed by atoms with Crippen molar-refractivity contribution in [2.24, 2.45) is 5.73 Å². The maximum atomic E-state index is 12.5. The van der Waals surface area contributed by atoms with Crippen LogP contribution in [0.5, 0.6) is 0 Å². The third-order valence-electron chi connectivity index (χ3n) is 4.31. The van der Waals surface area contributed by atoms with Crippen LogP contribution in [0.3, 0.4) is 0 Å². The number of nitrogens with two attached hydrogens (primary N) is 1. The minimum Gasteiger partial charge on any atom is -0.436 e. The van der Waals surface area contributed by atoms with Crippen LogP contribution in [0.2, 0.25) is 0 Å². The monoisotopic (exact) mass is 414 g/mol. The van der Waals surface area contributed by atoms with Gasteiger partial charge >= 0.3 is 6.09 Å². The van der Waals surface area contributed by atoms with Crippen molar-refractivity contribution in [1.82, 2.24) is 10.3 Å². The number of rotatable bonds is 10. The molecule has 3 amide bonds. The SMILES string of the molecule is CC(=O)NCCCC[C@H](OC(N)=O)C(=O)Nc1ccc(C(O)c2cccnc2)cc1. The summed E-state index contributed by atoms with van der Waals surface area (Å²) < 4.78 is 4.92. The number of aromatic nitrogens is 1. The van der Waals surface area contributed by atoms with Gasteiger partial charge in [0.05, 0.1) is 0 Å². The quantitative estimate of drug-likeness (QED) is 0.437. The minimum absolute atomic E-state index is 0.130. The molecule has 2 atom stereocenters. The van der Waals surface area contributed by atoms with Gasteiger partial charge in [-0.2, -0.15) is 0 Å². The van der Waals surface area contributed by atoms with Crippen molar-refractivity contribution in [2.75, 3.05) is 11.9 Å². The van der Waals surface area contributed by atoms with Gasteiger partial charge in [-0.25, -0.2) is 4.79 Å². The summed E-state index contributed by atoms with van der Waals surface area (Å²) in [5.74, 6) is -0.636. The van der Waals surface area contributed by atoms with Gasteiger partial charge in [-0.1, -0.05) is 18.2 Å². The van der Waals surface area contributed by atoms with Crippen molar-refractivity contribution in [1.29, 1.82) is 0 Å². The largest absolute Gasteiger partial charge is 0.436 e. The molecule has 0 spiro atoms. The third kappa shape index (κ3) is 7.51. The van der Waals surface area contributed by atoms with Gasteiger partial charge < -0.3 is 26.2 Å². The number of nitrogens with zero attached hydrogens (tertiary/aromatic N) is 1. The Morgan fingerprint density at radius 2 is 1.87 bits per heavy atom. The fourth-order valence-electron chi connectivity index (χ4n) is 2.80. The third-order valence-corrected chi connectivity index (χ3v) is 4.31. The molecule has 9 nitrogen and oxygen atoms in total. The molecule has 160 valence electrons. The van der Waals surface area contributed by atoms with Crippen LogP contribution in [-0.2, 0) is 14.3 Å². The van der Waals surface area contributed by atoms with E-state index in [4.69, 9.17) is 10.5 Å². The van der Waals surface area contributed by atoms with E-state index in [1.807, 2.05) is 0 Å². The van der Waals surface area contributed by atoms with Crippen molar-refractivity contribution >= 4 is 23.6 Å². The summed E-state index contributed by atoms with van der Waals surface area (Å²) in [7, 11) is 0. The molecule has 0 radical (unpaired) electrons. The van der Waals surface area contributed by atoms with Crippen LogP contribution < -0.4 is 16.4 Å². The molecular formula is C21H26N4O5. The summed E-state index contributed by atoms with van der Waals surface area (Å²) in [5.41, 5.74) is 6.86. The highest BCUT2D eigenvalue weighted by Crippen LogP contribution is 2.22. The first-order valence-corrected chi connectivity index (χ1v) is 9.56. The zero-order chi connectivity index (χ0) is 21.9. The molecule has 0 saturated heterocycles. The maximum absolute atomic E-state index is 12.5. The van der Waals surface area contributed by atoms with Gasteiger partial charge in [-0.15, -0.1) is 0 Å². The molecular weight excluding hydrogens is 388 g/mol. The second-order valence-electron chi connectivity index (χ2n) is 6.70. The van der Waals surface area contributed by atoms with Crippen molar-refractivity contribution in [2.45, 2.75) is 38.4 Å². The van der Waals surface area contributed by atoms with Gasteiger partial charge in [-0.05, 0) is 43.0 Å². The van der Waals surface area contributed by atoms with Crippen LogP contribution >= 0.6 is 0 Å². The minimum atomic E-state index is -1.04. The Bertz CT molecular complexity index is 842. The van der Waals surface area contributed by atoms with Crippen LogP contribution in [0.15, 0.2) is 48.8 Å². The lowest BCUT2D eigenvalue weighted by atomic mass is 10.0. The lowest BCUT2D eigenvalue weighted by Crippen LogP contribution is -2.34. The fraction of sp³-hybridized carbons (Fsp3) is 0.333. The average Bonchev–Trinajstić information content (AvgIpc) is 2.73. The van der Waals surface area contributed by atoms with E-state index in [-0.39, 0.29) is 12.3 Å². The highest BCUT2D eigenvalue weighted by Gasteiger charge is 2.22. The number of carbonyl (C=O) groups is 3. The second kappa shape index (κ2) is 11.5. The first-order chi connectivity index (χ1) is 14.4. The highest BCUT2D eigenvalue weighted by atomic mass is 16.6. The zero-order valence-electron chi connectivity index (χ0n) is 16.7. The van der Waals surface area contributed by atoms with E-state index >= 15 is 0 Å². The molecule has 30 heavy (non-hydrogen) atoms. The summed E-state index contributed by atoms with van der Waals surface area (Å²) in [6.45, 7) is 1.90. The molecule has 1 aromatic carbocycles. The molecule has 1 heterocycles. The van der Waals surface area contributed by atoms with E-state index in [2.05, 4.69) is 15.6 Å². The number of aliphatic hydroxyl groups excluding tert-OH is 1. The fourth-order valence-corrected chi connectivity index (χ4v) is 2.80. The smallest absolute Gasteiger partial charge is 0.405 e. The number of amides is 3. The van der Waals surface area contributed by atoms with Gasteiger partial charge in [-0.3, -0.25) is 14.6 Å². The van der Waals surface area contributed by atoms with Crippen LogP contribution in [0.4, 0.5) is 10.5 Å². The number of unbranched alkanes of at least 4 members (excludes halogenated alkanes) is 1. The van der Waals surface area contributed by atoms with E-state index in [0.29, 0.717) is 36.2 Å². The van der Waals surface area contributed by atoms with E-state index in [0.717, 1.165) is 0 Å². The Kier molecular flexibility index (Phi) is 8.76. The lowest BCUT2D eigenvalue weighted by Gasteiger charge is -2.17. The van der Waals surface area contributed by atoms with E-state index in [1.165, 1.54) is 6.92 Å². The summed E-state index contributed by atoms with van der Waals surface area (Å²) in [6.07, 6.45) is 1.75. The number of anilines is 1. The Morgan fingerprint density at radius 3 is 2.47 bits per heavy atom. The van der Waals surface area contributed by atoms with E-state index < -0.39 is 24.2 Å². The molecule has 2 aromatic rings. The van der Waals surface area contributed by atoms with Gasteiger partial charge in [0.15, 0.2) is 6.10 Å². The van der Waals surface area contributed by atoms with Crippen LogP contribution in [-0.4, -0.2) is 40.6 Å². The normalized spacial score (nSPS) is 12.5. The number of hydrogen-bond acceptors (Lipinski definition) is 6. The summed E-state index contributed by atoms with van der Waals surface area (Å²) in [5, 5.41) is 15.7. The first kappa shape index (κ1) is 22.8. The number of benzene rings is 1. The van der Waals surface area contributed by atoms with Gasteiger partial charge in [0.2, 0.25) is 5.91 Å². The highest BCUT2D eigenvalue weighted by molar-refractivity contribution is 5.95. The van der Waals surface area contributed by atoms with Gasteiger partial charge in [0.25, 0.3) is 5.91 Å². The number of hydrogen-bond donors (Lipinski definition) is 4. The topological polar surface area (TPSA) is 144 Å². The van der Waals surface area contributed by atoms with Crippen molar-refractivity contribution in [3.8, 4) is 0 Å². The summed E-state index contributed by atoms with van der Waals surface area (Å²) in [6, 6.07) is 10.2. The van der Waals surface area contributed by atoms with Crippen LogP contribution in [0.1, 0.15) is 43.4 Å². The average molecular weight is 414 g/mol. The Balaban J connectivity index is 1.93. The Hall–Kier alpha value is -3.46. The molecule has 2 rings (SSSR count). The van der Waals surface area contributed by atoms with Crippen LogP contribution in [0.25, 0.3) is 0 Å². The molecule has 1 unspecified atom stereocenters. The number of nitrogens with one attached hydrogen (secondary N) is 2. The Labute approximate surface area is 174 Å². The predicted molar refractivity (Wildman–Crippen MR) is 110 cm³/mol. The number of primary amides is 1. The predicted octanol–water partition coefficient (Wildman–Crippen LogP) is 1.87. The molecule has 0 saturated carbocycles. The molecule has 1 aromatic heterocycles. The van der Waals surface area contributed by atoms with Crippen molar-refractivity contribution in [3.63, 3.8) is 0 Å². The number of aliphatic hydroxyl groups is 1. The molecule has 0 aliphatic carbocycles. The number of ether oxygens (including phenoxy) is 1. The number of pyridine rings is 1. The molecule has 0 bridgehead atoms. The van der Waals surface area contributed by atoms with Gasteiger partial charge in [0.1, 0.15) is 6.10 Å². The maximum Gasteiger partial charge on any atom is 0.405 e. The van der Waals surface area contributed by atoms with Crippen LogP contribution in [0, 0.1) is 0 Å². The first-order valence-electron chi connectivity index (χ1n) is 9.56. The van der Waals surface area contributed by atoms with E-state index in [1.54, 1.807) is 48.8 Å². The molecule has 0 aliphatic rings. The van der Waals surface area contributed by atoms with Crippen molar-refractivity contribution in [3.05, 3.63) is 59.9 Å². The van der Waals surface area contributed by atoms with Crippen molar-refractivity contribution < 1.29 is 24.2 Å². The summed E-state index contributed by atoms with van der Waals surface area (Å²) in [4.78, 5) is 38.5. The van der Waals surface area contributed by atoms with E-state index in [9.17, 15) is 19.5 Å². The molecule has 0 aliphatic heterocycles. The second-order valence-corrected chi connectivity index (χ2v) is 6.70.